The third-order valence-electron chi connectivity index (χ3n) is 4.65. The van der Waals surface area contributed by atoms with E-state index in [1.807, 2.05) is 48.6 Å². The highest BCUT2D eigenvalue weighted by Crippen LogP contribution is 2.30. The fourth-order valence-electron chi connectivity index (χ4n) is 3.13. The van der Waals surface area contributed by atoms with Crippen LogP contribution in [0.1, 0.15) is 44.9 Å². The van der Waals surface area contributed by atoms with Gasteiger partial charge in [-0.05, 0) is 44.2 Å². The van der Waals surface area contributed by atoms with E-state index < -0.39 is 12.1 Å². The van der Waals surface area contributed by atoms with Crippen LogP contribution >= 0.6 is 0 Å². The Bertz CT molecular complexity index is 663. The van der Waals surface area contributed by atoms with Crippen molar-refractivity contribution in [3.8, 4) is 5.75 Å². The maximum absolute atomic E-state index is 12.1. The summed E-state index contributed by atoms with van der Waals surface area (Å²) in [7, 11) is 0. The molecule has 27 heavy (non-hydrogen) atoms. The molecule has 0 saturated heterocycles. The van der Waals surface area contributed by atoms with Gasteiger partial charge in [-0.3, -0.25) is 9.59 Å². The summed E-state index contributed by atoms with van der Waals surface area (Å²) in [5, 5.41) is 18.8. The summed E-state index contributed by atoms with van der Waals surface area (Å²) in [6.45, 7) is 0.236. The van der Waals surface area contributed by atoms with Crippen LogP contribution in [-0.2, 0) is 9.59 Å². The van der Waals surface area contributed by atoms with Crippen molar-refractivity contribution in [1.82, 2.24) is 0 Å². The largest absolute Gasteiger partial charge is 0.491 e. The monoisotopic (exact) mass is 372 g/mol. The number of aliphatic carboxylic acids is 1. The number of carbonyl (C=O) groups is 2. The molecule has 0 spiro atoms. The van der Waals surface area contributed by atoms with Crippen LogP contribution in [-0.4, -0.2) is 34.7 Å². The maximum Gasteiger partial charge on any atom is 0.303 e. The first-order valence-electron chi connectivity index (χ1n) is 9.50. The molecule has 1 aromatic rings. The van der Waals surface area contributed by atoms with Crippen molar-refractivity contribution in [3.05, 3.63) is 54.1 Å². The molecule has 1 aliphatic rings. The third-order valence-corrected chi connectivity index (χ3v) is 4.65. The summed E-state index contributed by atoms with van der Waals surface area (Å²) in [5.41, 5.74) is 1.09. The first-order chi connectivity index (χ1) is 13.1. The van der Waals surface area contributed by atoms with Gasteiger partial charge in [0, 0.05) is 18.8 Å². The highest BCUT2D eigenvalue weighted by atomic mass is 16.5. The van der Waals surface area contributed by atoms with E-state index in [4.69, 9.17) is 9.84 Å². The Balaban J connectivity index is 1.70. The molecule has 0 saturated carbocycles. The van der Waals surface area contributed by atoms with Gasteiger partial charge in [-0.25, -0.2) is 0 Å². The minimum Gasteiger partial charge on any atom is -0.491 e. The zero-order chi connectivity index (χ0) is 19.5. The SMILES string of the molecule is O=C(O)CCC/C=C\C[C@H]1C(=O)CC=C1CC[C@@H](O)COc1ccccc1. The molecule has 0 unspecified atom stereocenters. The van der Waals surface area contributed by atoms with Gasteiger partial charge in [0.2, 0.25) is 0 Å². The number of unbranched alkanes of at least 4 members (excludes halogenated alkanes) is 1. The fraction of sp³-hybridized carbons (Fsp3) is 0.455. The number of ether oxygens (including phenoxy) is 1. The zero-order valence-corrected chi connectivity index (χ0v) is 15.5. The predicted molar refractivity (Wildman–Crippen MR) is 104 cm³/mol. The molecule has 1 aromatic carbocycles. The van der Waals surface area contributed by atoms with Gasteiger partial charge >= 0.3 is 5.97 Å². The Morgan fingerprint density at radius 3 is 2.78 bits per heavy atom. The van der Waals surface area contributed by atoms with Crippen molar-refractivity contribution < 1.29 is 24.5 Å². The number of carbonyl (C=O) groups excluding carboxylic acids is 1. The molecule has 146 valence electrons. The topological polar surface area (TPSA) is 83.8 Å². The van der Waals surface area contributed by atoms with Crippen LogP contribution in [0.2, 0.25) is 0 Å². The zero-order valence-electron chi connectivity index (χ0n) is 15.5. The molecule has 5 nitrogen and oxygen atoms in total. The summed E-state index contributed by atoms with van der Waals surface area (Å²) in [6, 6.07) is 9.38. The number of aliphatic hydroxyl groups is 1. The van der Waals surface area contributed by atoms with Gasteiger partial charge in [0.05, 0.1) is 6.10 Å². The van der Waals surface area contributed by atoms with Crippen LogP contribution < -0.4 is 4.74 Å². The highest BCUT2D eigenvalue weighted by molar-refractivity contribution is 5.88. The lowest BCUT2D eigenvalue weighted by molar-refractivity contribution is -0.137. The molecule has 2 N–H and O–H groups in total. The van der Waals surface area contributed by atoms with Crippen LogP contribution in [0.4, 0.5) is 0 Å². The average molecular weight is 372 g/mol. The number of hydrogen-bond acceptors (Lipinski definition) is 4. The number of carboxylic acids is 1. The normalized spacial score (nSPS) is 17.9. The number of Topliss-reactive ketones (excluding diaryl/α,β-unsaturated/α-hetero) is 1. The molecule has 0 aromatic heterocycles. The standard InChI is InChI=1S/C22H28O5/c23-18(16-27-19-8-4-3-5-9-19)14-12-17-13-15-21(24)20(17)10-6-1-2-7-11-22(25)26/h1,3-6,8-9,13,18,20,23H,2,7,10-12,14-16H2,(H,25,26)/b6-1-/t18-,20-/m1/s1. The molecule has 0 amide bonds. The maximum atomic E-state index is 12.1. The first kappa shape index (κ1) is 20.9. The molecule has 0 aliphatic heterocycles. The van der Waals surface area contributed by atoms with Crippen LogP contribution in [0.3, 0.4) is 0 Å². The summed E-state index contributed by atoms with van der Waals surface area (Å²) in [5.74, 6) is 0.0605. The average Bonchev–Trinajstić information content (AvgIpc) is 3.01. The Morgan fingerprint density at radius 2 is 2.04 bits per heavy atom. The number of aliphatic hydroxyl groups excluding tert-OH is 1. The second kappa shape index (κ2) is 11.3. The number of ketones is 1. The molecule has 0 bridgehead atoms. The smallest absolute Gasteiger partial charge is 0.303 e. The second-order valence-corrected chi connectivity index (χ2v) is 6.81. The van der Waals surface area contributed by atoms with Gasteiger partial charge in [-0.15, -0.1) is 0 Å². The van der Waals surface area contributed by atoms with E-state index in [9.17, 15) is 14.7 Å². The fourth-order valence-corrected chi connectivity index (χ4v) is 3.13. The third kappa shape index (κ3) is 7.79. The number of hydrogen-bond donors (Lipinski definition) is 2. The summed E-state index contributed by atoms with van der Waals surface area (Å²) >= 11 is 0. The Labute approximate surface area is 160 Å². The Kier molecular flexibility index (Phi) is 8.78. The number of benzene rings is 1. The van der Waals surface area contributed by atoms with E-state index in [0.717, 1.165) is 11.3 Å². The number of para-hydroxylation sites is 1. The van der Waals surface area contributed by atoms with E-state index in [2.05, 4.69) is 0 Å². The van der Waals surface area contributed by atoms with Crippen molar-refractivity contribution in [2.45, 2.75) is 51.0 Å². The van der Waals surface area contributed by atoms with Gasteiger partial charge in [0.15, 0.2) is 0 Å². The Morgan fingerprint density at radius 1 is 1.26 bits per heavy atom. The van der Waals surface area contributed by atoms with Crippen molar-refractivity contribution in [2.24, 2.45) is 5.92 Å². The van der Waals surface area contributed by atoms with E-state index >= 15 is 0 Å². The minimum atomic E-state index is -0.783. The molecule has 2 atom stereocenters. The van der Waals surface area contributed by atoms with Crippen LogP contribution in [0, 0.1) is 5.92 Å². The van der Waals surface area contributed by atoms with Gasteiger partial charge in [0.25, 0.3) is 0 Å². The molecule has 5 heteroatoms. The minimum absolute atomic E-state index is 0.108. The number of carboxylic acid groups (broad SMARTS) is 1. The molecule has 0 radical (unpaired) electrons. The van der Waals surface area contributed by atoms with Crippen LogP contribution in [0.15, 0.2) is 54.1 Å². The van der Waals surface area contributed by atoms with Gasteiger partial charge < -0.3 is 14.9 Å². The lowest BCUT2D eigenvalue weighted by atomic mass is 9.92. The van der Waals surface area contributed by atoms with Gasteiger partial charge in [-0.2, -0.15) is 0 Å². The van der Waals surface area contributed by atoms with Crippen molar-refractivity contribution in [3.63, 3.8) is 0 Å². The van der Waals surface area contributed by atoms with Crippen molar-refractivity contribution in [1.29, 1.82) is 0 Å². The van der Waals surface area contributed by atoms with E-state index in [0.29, 0.717) is 38.5 Å². The summed E-state index contributed by atoms with van der Waals surface area (Å²) < 4.78 is 5.56. The van der Waals surface area contributed by atoms with Gasteiger partial charge in [-0.1, -0.05) is 42.0 Å². The lowest BCUT2D eigenvalue weighted by Gasteiger charge is -2.15. The molecular weight excluding hydrogens is 344 g/mol. The lowest BCUT2D eigenvalue weighted by Crippen LogP contribution is -2.18. The van der Waals surface area contributed by atoms with Crippen molar-refractivity contribution in [2.75, 3.05) is 6.61 Å². The Hall–Kier alpha value is -2.40. The first-order valence-corrected chi connectivity index (χ1v) is 9.50. The molecule has 1 aliphatic carbocycles. The molecular formula is C22H28O5. The predicted octanol–water partition coefficient (Wildman–Crippen LogP) is 3.92. The van der Waals surface area contributed by atoms with Gasteiger partial charge in [0.1, 0.15) is 18.1 Å². The van der Waals surface area contributed by atoms with E-state index in [-0.39, 0.29) is 24.7 Å². The number of rotatable bonds is 12. The molecule has 2 rings (SSSR count). The summed E-state index contributed by atoms with van der Waals surface area (Å²) in [4.78, 5) is 22.6. The summed E-state index contributed by atoms with van der Waals surface area (Å²) in [6.07, 6.45) is 9.17. The van der Waals surface area contributed by atoms with E-state index in [1.54, 1.807) is 0 Å². The quantitative estimate of drug-likeness (QED) is 0.429. The van der Waals surface area contributed by atoms with E-state index in [1.165, 1.54) is 0 Å². The van der Waals surface area contributed by atoms with Crippen LogP contribution in [0.5, 0.6) is 5.75 Å². The second-order valence-electron chi connectivity index (χ2n) is 6.81. The van der Waals surface area contributed by atoms with Crippen molar-refractivity contribution >= 4 is 11.8 Å². The highest BCUT2D eigenvalue weighted by Gasteiger charge is 2.26. The molecule has 0 fully saturated rings. The molecule has 0 heterocycles. The number of allylic oxidation sites excluding steroid dienone is 4. The van der Waals surface area contributed by atoms with Crippen LogP contribution in [0.25, 0.3) is 0 Å².